The second kappa shape index (κ2) is 5.49. The van der Waals surface area contributed by atoms with Crippen LogP contribution < -0.4 is 5.43 Å². The Labute approximate surface area is 103 Å². The van der Waals surface area contributed by atoms with Gasteiger partial charge >= 0.3 is 0 Å². The Bertz CT molecular complexity index is 373. The molecule has 1 fully saturated rings. The normalized spacial score (nSPS) is 18.5. The molecule has 0 unspecified atom stereocenters. The fourth-order valence-corrected chi connectivity index (χ4v) is 2.02. The van der Waals surface area contributed by atoms with E-state index in [0.717, 1.165) is 37.3 Å². The van der Waals surface area contributed by atoms with Crippen molar-refractivity contribution in [2.75, 3.05) is 33.2 Å². The molecule has 1 heterocycles. The highest BCUT2D eigenvalue weighted by molar-refractivity contribution is 5.39. The molecule has 1 saturated heterocycles. The Morgan fingerprint density at radius 2 is 1.94 bits per heavy atom. The molecule has 0 amide bonds. The van der Waals surface area contributed by atoms with Crippen LogP contribution in [0.25, 0.3) is 0 Å². The molecule has 1 aliphatic rings. The Hall–Kier alpha value is -1.10. The summed E-state index contributed by atoms with van der Waals surface area (Å²) >= 11 is 0. The first-order chi connectivity index (χ1) is 8.16. The van der Waals surface area contributed by atoms with Gasteiger partial charge in [-0.25, -0.2) is 5.01 Å². The number of aromatic hydroxyl groups is 1. The maximum absolute atomic E-state index is 9.90. The van der Waals surface area contributed by atoms with Crippen LogP contribution in [0.3, 0.4) is 0 Å². The second-order valence-corrected chi connectivity index (χ2v) is 4.71. The highest BCUT2D eigenvalue weighted by Gasteiger charge is 2.13. The SMILES string of the molecule is Cc1cccc(CNN2CCN(C)CC2)c1O. The first kappa shape index (κ1) is 12.4. The van der Waals surface area contributed by atoms with Gasteiger partial charge in [0.2, 0.25) is 0 Å². The molecule has 0 spiro atoms. The van der Waals surface area contributed by atoms with E-state index in [1.807, 2.05) is 25.1 Å². The summed E-state index contributed by atoms with van der Waals surface area (Å²) < 4.78 is 0. The number of nitrogens with zero attached hydrogens (tertiary/aromatic N) is 2. The predicted molar refractivity (Wildman–Crippen MR) is 68.8 cm³/mol. The third kappa shape index (κ3) is 3.19. The van der Waals surface area contributed by atoms with E-state index in [-0.39, 0.29) is 0 Å². The topological polar surface area (TPSA) is 38.7 Å². The van der Waals surface area contributed by atoms with Crippen molar-refractivity contribution in [1.82, 2.24) is 15.3 Å². The number of hydrogen-bond acceptors (Lipinski definition) is 4. The molecule has 1 aromatic rings. The van der Waals surface area contributed by atoms with Crippen LogP contribution in [0.15, 0.2) is 18.2 Å². The highest BCUT2D eigenvalue weighted by atomic mass is 16.3. The minimum atomic E-state index is 0.411. The summed E-state index contributed by atoms with van der Waals surface area (Å²) in [6.45, 7) is 6.86. The quantitative estimate of drug-likeness (QED) is 0.818. The van der Waals surface area contributed by atoms with Crippen LogP contribution in [-0.4, -0.2) is 48.2 Å². The van der Waals surface area contributed by atoms with E-state index in [4.69, 9.17) is 0 Å². The van der Waals surface area contributed by atoms with E-state index in [1.54, 1.807) is 0 Å². The largest absolute Gasteiger partial charge is 0.507 e. The standard InChI is InChI=1S/C13H21N3O/c1-11-4-3-5-12(13(11)17)10-14-16-8-6-15(2)7-9-16/h3-5,14,17H,6-10H2,1-2H3. The molecule has 2 N–H and O–H groups in total. The van der Waals surface area contributed by atoms with E-state index in [2.05, 4.69) is 22.4 Å². The average molecular weight is 235 g/mol. The molecule has 4 heteroatoms. The molecular formula is C13H21N3O. The van der Waals surface area contributed by atoms with Crippen molar-refractivity contribution in [3.8, 4) is 5.75 Å². The molecule has 0 aromatic heterocycles. The summed E-state index contributed by atoms with van der Waals surface area (Å²) in [4.78, 5) is 2.32. The van der Waals surface area contributed by atoms with Gasteiger partial charge in [0.15, 0.2) is 0 Å². The van der Waals surface area contributed by atoms with Gasteiger partial charge in [0, 0.05) is 38.3 Å². The third-order valence-corrected chi connectivity index (χ3v) is 3.32. The lowest BCUT2D eigenvalue weighted by Crippen LogP contribution is -2.50. The molecular weight excluding hydrogens is 214 g/mol. The second-order valence-electron chi connectivity index (χ2n) is 4.71. The number of aryl methyl sites for hydroxylation is 1. The molecule has 2 rings (SSSR count). The van der Waals surface area contributed by atoms with Crippen molar-refractivity contribution in [2.24, 2.45) is 0 Å². The lowest BCUT2D eigenvalue weighted by molar-refractivity contribution is 0.102. The minimum absolute atomic E-state index is 0.411. The predicted octanol–water partition coefficient (Wildman–Crippen LogP) is 0.953. The first-order valence-corrected chi connectivity index (χ1v) is 6.11. The van der Waals surface area contributed by atoms with Crippen molar-refractivity contribution in [1.29, 1.82) is 0 Å². The van der Waals surface area contributed by atoms with Gasteiger partial charge in [-0.2, -0.15) is 0 Å². The molecule has 17 heavy (non-hydrogen) atoms. The van der Waals surface area contributed by atoms with Gasteiger partial charge < -0.3 is 10.0 Å². The molecule has 1 aliphatic heterocycles. The van der Waals surface area contributed by atoms with Gasteiger partial charge in [-0.05, 0) is 19.5 Å². The smallest absolute Gasteiger partial charge is 0.123 e. The molecule has 0 bridgehead atoms. The molecule has 0 aliphatic carbocycles. The van der Waals surface area contributed by atoms with Crippen molar-refractivity contribution in [3.63, 3.8) is 0 Å². The summed E-state index contributed by atoms with van der Waals surface area (Å²) in [6, 6.07) is 5.87. The number of hydrogen-bond donors (Lipinski definition) is 2. The molecule has 0 radical (unpaired) electrons. The van der Waals surface area contributed by atoms with Crippen molar-refractivity contribution in [2.45, 2.75) is 13.5 Å². The van der Waals surface area contributed by atoms with E-state index in [9.17, 15) is 5.11 Å². The summed E-state index contributed by atoms with van der Waals surface area (Å²) in [5.41, 5.74) is 5.27. The fourth-order valence-electron chi connectivity index (χ4n) is 2.02. The monoisotopic (exact) mass is 235 g/mol. The summed E-state index contributed by atoms with van der Waals surface area (Å²) in [7, 11) is 2.14. The Balaban J connectivity index is 1.87. The Morgan fingerprint density at radius 1 is 1.24 bits per heavy atom. The van der Waals surface area contributed by atoms with E-state index >= 15 is 0 Å². The number of nitrogens with one attached hydrogen (secondary N) is 1. The van der Waals surface area contributed by atoms with Crippen LogP contribution in [0.2, 0.25) is 0 Å². The number of phenols is 1. The number of phenolic OH excluding ortho intramolecular Hbond substituents is 1. The van der Waals surface area contributed by atoms with Gasteiger partial charge in [-0.1, -0.05) is 18.2 Å². The number of hydrazine groups is 1. The zero-order valence-corrected chi connectivity index (χ0v) is 10.6. The fraction of sp³-hybridized carbons (Fsp3) is 0.538. The number of para-hydroxylation sites is 1. The average Bonchev–Trinajstić information content (AvgIpc) is 2.33. The number of benzene rings is 1. The Morgan fingerprint density at radius 3 is 2.65 bits per heavy atom. The van der Waals surface area contributed by atoms with Gasteiger partial charge in [-0.15, -0.1) is 0 Å². The zero-order chi connectivity index (χ0) is 12.3. The van der Waals surface area contributed by atoms with E-state index in [0.29, 0.717) is 12.3 Å². The summed E-state index contributed by atoms with van der Waals surface area (Å²) in [6.07, 6.45) is 0. The number of likely N-dealkylation sites (N-methyl/N-ethyl adjacent to an activating group) is 1. The van der Waals surface area contributed by atoms with E-state index < -0.39 is 0 Å². The molecule has 0 atom stereocenters. The summed E-state index contributed by atoms with van der Waals surface area (Å²) in [5.74, 6) is 0.411. The van der Waals surface area contributed by atoms with Crippen LogP contribution in [0, 0.1) is 6.92 Å². The van der Waals surface area contributed by atoms with Crippen molar-refractivity contribution in [3.05, 3.63) is 29.3 Å². The first-order valence-electron chi connectivity index (χ1n) is 6.11. The van der Waals surface area contributed by atoms with Crippen molar-refractivity contribution < 1.29 is 5.11 Å². The zero-order valence-electron chi connectivity index (χ0n) is 10.6. The molecule has 94 valence electrons. The van der Waals surface area contributed by atoms with Crippen molar-refractivity contribution >= 4 is 0 Å². The number of piperazine rings is 1. The van der Waals surface area contributed by atoms with Gasteiger partial charge in [0.05, 0.1) is 0 Å². The van der Waals surface area contributed by atoms with Crippen LogP contribution in [-0.2, 0) is 6.54 Å². The van der Waals surface area contributed by atoms with Crippen LogP contribution in [0.1, 0.15) is 11.1 Å². The van der Waals surface area contributed by atoms with Gasteiger partial charge in [0.1, 0.15) is 5.75 Å². The maximum atomic E-state index is 9.90. The lowest BCUT2D eigenvalue weighted by atomic mass is 10.1. The minimum Gasteiger partial charge on any atom is -0.507 e. The third-order valence-electron chi connectivity index (χ3n) is 3.32. The molecule has 1 aromatic carbocycles. The van der Waals surface area contributed by atoms with Crippen LogP contribution in [0.5, 0.6) is 5.75 Å². The Kier molecular flexibility index (Phi) is 3.99. The molecule has 0 saturated carbocycles. The maximum Gasteiger partial charge on any atom is 0.123 e. The van der Waals surface area contributed by atoms with Crippen LogP contribution in [0.4, 0.5) is 0 Å². The molecule has 4 nitrogen and oxygen atoms in total. The summed E-state index contributed by atoms with van der Waals surface area (Å²) in [5, 5.41) is 12.1. The van der Waals surface area contributed by atoms with E-state index in [1.165, 1.54) is 0 Å². The lowest BCUT2D eigenvalue weighted by Gasteiger charge is -2.32. The number of rotatable bonds is 3. The van der Waals surface area contributed by atoms with Gasteiger partial charge in [0.25, 0.3) is 0 Å². The van der Waals surface area contributed by atoms with Gasteiger partial charge in [-0.3, -0.25) is 5.43 Å². The van der Waals surface area contributed by atoms with Crippen LogP contribution >= 0.6 is 0 Å². The highest BCUT2D eigenvalue weighted by Crippen LogP contribution is 2.21.